The molecular formula is C16H19ClN6O. The lowest BCUT2D eigenvalue weighted by Gasteiger charge is -2.18. The van der Waals surface area contributed by atoms with Crippen LogP contribution in [0.2, 0.25) is 5.02 Å². The van der Waals surface area contributed by atoms with Crippen LogP contribution in [-0.2, 0) is 0 Å². The maximum atomic E-state index is 12.2. The van der Waals surface area contributed by atoms with Crippen molar-refractivity contribution in [3.63, 3.8) is 0 Å². The van der Waals surface area contributed by atoms with Crippen molar-refractivity contribution < 1.29 is 4.79 Å². The molecule has 7 N–H and O–H groups in total. The number of hydrogen-bond acceptors (Lipinski definition) is 4. The van der Waals surface area contributed by atoms with E-state index in [-0.39, 0.29) is 23.4 Å². The SMILES string of the molecule is CC[C@@H](NC(=O)Nc1cc(N)c(C(=N)N)cn1)c1ccc(Cl)cc1. The van der Waals surface area contributed by atoms with E-state index in [9.17, 15) is 4.79 Å². The Labute approximate surface area is 144 Å². The third-order valence-corrected chi connectivity index (χ3v) is 3.71. The van der Waals surface area contributed by atoms with Gasteiger partial charge in [-0.25, -0.2) is 9.78 Å². The summed E-state index contributed by atoms with van der Waals surface area (Å²) in [5.41, 5.74) is 12.7. The summed E-state index contributed by atoms with van der Waals surface area (Å²) in [5, 5.41) is 13.5. The number of rotatable bonds is 5. The predicted octanol–water partition coefficient (Wildman–Crippen LogP) is 2.87. The molecule has 2 rings (SSSR count). The van der Waals surface area contributed by atoms with Crippen molar-refractivity contribution in [3.8, 4) is 0 Å². The molecule has 7 nitrogen and oxygen atoms in total. The van der Waals surface area contributed by atoms with E-state index in [2.05, 4.69) is 15.6 Å². The number of anilines is 2. The highest BCUT2D eigenvalue weighted by atomic mass is 35.5. The number of amides is 2. The van der Waals surface area contributed by atoms with Crippen LogP contribution in [0.25, 0.3) is 0 Å². The molecule has 0 aliphatic heterocycles. The summed E-state index contributed by atoms with van der Waals surface area (Å²) in [4.78, 5) is 16.2. The lowest BCUT2D eigenvalue weighted by Crippen LogP contribution is -2.32. The van der Waals surface area contributed by atoms with Crippen molar-refractivity contribution in [1.29, 1.82) is 5.41 Å². The quantitative estimate of drug-likeness (QED) is 0.421. The third-order valence-electron chi connectivity index (χ3n) is 3.45. The van der Waals surface area contributed by atoms with Crippen LogP contribution < -0.4 is 22.1 Å². The minimum atomic E-state index is -0.403. The Bertz CT molecular complexity index is 747. The molecule has 0 bridgehead atoms. The molecule has 0 saturated carbocycles. The first-order valence-corrected chi connectivity index (χ1v) is 7.71. The number of benzene rings is 1. The molecule has 0 aliphatic carbocycles. The van der Waals surface area contributed by atoms with Gasteiger partial charge in [0.2, 0.25) is 0 Å². The smallest absolute Gasteiger partial charge is 0.320 e. The highest BCUT2D eigenvalue weighted by Crippen LogP contribution is 2.20. The molecule has 2 amide bonds. The molecule has 1 aromatic heterocycles. The molecule has 8 heteroatoms. The zero-order valence-corrected chi connectivity index (χ0v) is 13.9. The summed E-state index contributed by atoms with van der Waals surface area (Å²) in [6.07, 6.45) is 2.07. The second kappa shape index (κ2) is 7.65. The summed E-state index contributed by atoms with van der Waals surface area (Å²) in [6, 6.07) is 8.20. The van der Waals surface area contributed by atoms with Crippen molar-refractivity contribution in [2.75, 3.05) is 11.1 Å². The van der Waals surface area contributed by atoms with Crippen molar-refractivity contribution in [2.45, 2.75) is 19.4 Å². The molecule has 0 saturated heterocycles. The summed E-state index contributed by atoms with van der Waals surface area (Å²) >= 11 is 5.88. The second-order valence-electron chi connectivity index (χ2n) is 5.18. The minimum absolute atomic E-state index is 0.156. The monoisotopic (exact) mass is 346 g/mol. The van der Waals surface area contributed by atoms with Crippen LogP contribution in [0.1, 0.15) is 30.5 Å². The number of halogens is 1. The van der Waals surface area contributed by atoms with Gasteiger partial charge < -0.3 is 16.8 Å². The number of amidine groups is 1. The minimum Gasteiger partial charge on any atom is -0.398 e. The number of hydrogen-bond donors (Lipinski definition) is 5. The molecule has 126 valence electrons. The summed E-state index contributed by atoms with van der Waals surface area (Å²) < 4.78 is 0. The molecule has 1 atom stereocenters. The number of aromatic nitrogens is 1. The van der Waals surface area contributed by atoms with Gasteiger partial charge in [-0.15, -0.1) is 0 Å². The van der Waals surface area contributed by atoms with Gasteiger partial charge in [0.1, 0.15) is 11.7 Å². The average Bonchev–Trinajstić information content (AvgIpc) is 2.53. The first-order valence-electron chi connectivity index (χ1n) is 7.33. The molecule has 1 aromatic carbocycles. The number of carbonyl (C=O) groups excluding carboxylic acids is 1. The zero-order chi connectivity index (χ0) is 17.7. The Kier molecular flexibility index (Phi) is 5.59. The fraction of sp³-hybridized carbons (Fsp3) is 0.188. The number of nitrogens with one attached hydrogen (secondary N) is 3. The van der Waals surface area contributed by atoms with E-state index in [0.29, 0.717) is 17.0 Å². The first-order chi connectivity index (χ1) is 11.4. The standard InChI is InChI=1S/C16H19ClN6O/c1-2-13(9-3-5-10(17)6-4-9)22-16(24)23-14-7-12(18)11(8-21-14)15(19)20/h3-8,13H,2H2,1H3,(H3,19,20)(H4,18,21,22,23,24)/t13-/m1/s1. The maximum Gasteiger partial charge on any atom is 0.320 e. The van der Waals surface area contributed by atoms with Crippen LogP contribution in [0, 0.1) is 5.41 Å². The van der Waals surface area contributed by atoms with Crippen molar-refractivity contribution in [3.05, 3.63) is 52.7 Å². The van der Waals surface area contributed by atoms with Gasteiger partial charge in [-0.05, 0) is 24.1 Å². The third kappa shape index (κ3) is 4.36. The Morgan fingerprint density at radius 3 is 2.58 bits per heavy atom. The van der Waals surface area contributed by atoms with E-state index < -0.39 is 6.03 Å². The van der Waals surface area contributed by atoms with Gasteiger partial charge in [0, 0.05) is 23.0 Å². The Morgan fingerprint density at radius 1 is 1.38 bits per heavy atom. The summed E-state index contributed by atoms with van der Waals surface area (Å²) in [6.45, 7) is 1.97. The van der Waals surface area contributed by atoms with Gasteiger partial charge in [0.05, 0.1) is 11.6 Å². The van der Waals surface area contributed by atoms with Gasteiger partial charge in [0.15, 0.2) is 0 Å². The van der Waals surface area contributed by atoms with E-state index in [1.165, 1.54) is 12.3 Å². The van der Waals surface area contributed by atoms with E-state index in [1.54, 1.807) is 12.1 Å². The number of carbonyl (C=O) groups is 1. The molecule has 0 radical (unpaired) electrons. The van der Waals surface area contributed by atoms with Crippen molar-refractivity contribution >= 4 is 35.0 Å². The highest BCUT2D eigenvalue weighted by molar-refractivity contribution is 6.30. The van der Waals surface area contributed by atoms with Crippen molar-refractivity contribution in [2.24, 2.45) is 5.73 Å². The first kappa shape index (κ1) is 17.6. The maximum absolute atomic E-state index is 12.2. The van der Waals surface area contributed by atoms with E-state index in [1.807, 2.05) is 19.1 Å². The number of urea groups is 1. The second-order valence-corrected chi connectivity index (χ2v) is 5.62. The van der Waals surface area contributed by atoms with Gasteiger partial charge >= 0.3 is 6.03 Å². The molecule has 0 fully saturated rings. The molecule has 24 heavy (non-hydrogen) atoms. The van der Waals surface area contributed by atoms with Gasteiger partial charge in [-0.2, -0.15) is 0 Å². The van der Waals surface area contributed by atoms with Crippen LogP contribution in [-0.4, -0.2) is 16.9 Å². The zero-order valence-electron chi connectivity index (χ0n) is 13.1. The van der Waals surface area contributed by atoms with Gasteiger partial charge in [-0.1, -0.05) is 30.7 Å². The van der Waals surface area contributed by atoms with Crippen LogP contribution in [0.4, 0.5) is 16.3 Å². The number of nitrogen functional groups attached to an aromatic ring is 2. The van der Waals surface area contributed by atoms with Gasteiger partial charge in [0.25, 0.3) is 0 Å². The predicted molar refractivity (Wildman–Crippen MR) is 96.3 cm³/mol. The molecule has 2 aromatic rings. The van der Waals surface area contributed by atoms with Crippen molar-refractivity contribution in [1.82, 2.24) is 10.3 Å². The normalized spacial score (nSPS) is 11.6. The topological polar surface area (TPSA) is 130 Å². The van der Waals surface area contributed by atoms with Crippen LogP contribution >= 0.6 is 11.6 Å². The average molecular weight is 347 g/mol. The summed E-state index contributed by atoms with van der Waals surface area (Å²) in [5.74, 6) is 0.103. The van der Waals surface area contributed by atoms with E-state index in [4.69, 9.17) is 28.5 Å². The largest absolute Gasteiger partial charge is 0.398 e. The molecule has 0 unspecified atom stereocenters. The molecular weight excluding hydrogens is 328 g/mol. The number of nitrogens with two attached hydrogens (primary N) is 2. The fourth-order valence-electron chi connectivity index (χ4n) is 2.19. The van der Waals surface area contributed by atoms with Crippen LogP contribution in [0.15, 0.2) is 36.5 Å². The van der Waals surface area contributed by atoms with Crippen LogP contribution in [0.5, 0.6) is 0 Å². The fourth-order valence-corrected chi connectivity index (χ4v) is 2.32. The number of nitrogens with zero attached hydrogens (tertiary/aromatic N) is 1. The summed E-state index contributed by atoms with van der Waals surface area (Å²) in [7, 11) is 0. The molecule has 1 heterocycles. The molecule has 0 spiro atoms. The Balaban J connectivity index is 2.05. The van der Waals surface area contributed by atoms with E-state index >= 15 is 0 Å². The lowest BCUT2D eigenvalue weighted by molar-refractivity contribution is 0.248. The highest BCUT2D eigenvalue weighted by Gasteiger charge is 2.14. The van der Waals surface area contributed by atoms with Crippen LogP contribution in [0.3, 0.4) is 0 Å². The Hall–Kier alpha value is -2.80. The Morgan fingerprint density at radius 2 is 2.04 bits per heavy atom. The number of pyridine rings is 1. The molecule has 0 aliphatic rings. The van der Waals surface area contributed by atoms with E-state index in [0.717, 1.165) is 5.56 Å². The lowest BCUT2D eigenvalue weighted by atomic mass is 10.1. The van der Waals surface area contributed by atoms with Gasteiger partial charge in [-0.3, -0.25) is 10.7 Å².